The summed E-state index contributed by atoms with van der Waals surface area (Å²) in [6.07, 6.45) is 4.11. The quantitative estimate of drug-likeness (QED) is 0.730. The zero-order valence-corrected chi connectivity index (χ0v) is 14.2. The topological polar surface area (TPSA) is 80.9 Å². The number of hydrogen-bond donors (Lipinski definition) is 1. The number of fused-ring (bicyclic) bond motifs is 3. The fraction of sp³-hybridized carbons (Fsp3) is 0.278. The average Bonchev–Trinajstić information content (AvgIpc) is 2.99. The van der Waals surface area contributed by atoms with Crippen molar-refractivity contribution < 1.29 is 14.6 Å². The van der Waals surface area contributed by atoms with Gasteiger partial charge in [-0.25, -0.2) is 9.78 Å². The summed E-state index contributed by atoms with van der Waals surface area (Å²) in [5.41, 5.74) is 1.43. The number of ether oxygens (including phenoxy) is 1. The van der Waals surface area contributed by atoms with Crippen molar-refractivity contribution in [1.29, 1.82) is 0 Å². The van der Waals surface area contributed by atoms with Crippen LogP contribution in [0.3, 0.4) is 0 Å². The van der Waals surface area contributed by atoms with Gasteiger partial charge in [0.05, 0.1) is 5.69 Å². The zero-order chi connectivity index (χ0) is 17.4. The Morgan fingerprint density at radius 2 is 2.08 bits per heavy atom. The minimum atomic E-state index is -0.648. The highest BCUT2D eigenvalue weighted by molar-refractivity contribution is 7.17. The van der Waals surface area contributed by atoms with Crippen LogP contribution in [0.5, 0.6) is 5.75 Å². The molecule has 1 aromatic carbocycles. The summed E-state index contributed by atoms with van der Waals surface area (Å²) >= 11 is 1.53. The van der Waals surface area contributed by atoms with Crippen LogP contribution < -0.4 is 5.56 Å². The van der Waals surface area contributed by atoms with Crippen LogP contribution in [0.2, 0.25) is 0 Å². The molecule has 0 spiro atoms. The molecule has 7 heteroatoms. The first kappa shape index (κ1) is 15.8. The molecular weight excluding hydrogens is 340 g/mol. The van der Waals surface area contributed by atoms with E-state index < -0.39 is 5.97 Å². The third-order valence-electron chi connectivity index (χ3n) is 4.29. The molecule has 4 rings (SSSR count). The van der Waals surface area contributed by atoms with E-state index in [2.05, 4.69) is 4.98 Å². The van der Waals surface area contributed by atoms with Crippen LogP contribution in [0.4, 0.5) is 0 Å². The van der Waals surface area contributed by atoms with Gasteiger partial charge in [-0.3, -0.25) is 9.20 Å². The number of phenols is 1. The Kier molecular flexibility index (Phi) is 4.01. The van der Waals surface area contributed by atoms with Gasteiger partial charge in [0.25, 0.3) is 5.56 Å². The molecule has 0 amide bonds. The molecular formula is C18H16N2O4S. The maximum Gasteiger partial charge on any atom is 0.342 e. The third kappa shape index (κ3) is 2.91. The van der Waals surface area contributed by atoms with Crippen molar-refractivity contribution in [2.75, 3.05) is 0 Å². The van der Waals surface area contributed by atoms with Crippen LogP contribution in [0.25, 0.3) is 4.96 Å². The number of carbonyl (C=O) groups excluding carboxylic acids is 1. The fourth-order valence-electron chi connectivity index (χ4n) is 3.08. The van der Waals surface area contributed by atoms with Gasteiger partial charge < -0.3 is 9.84 Å². The van der Waals surface area contributed by atoms with Crippen LogP contribution in [0.15, 0.2) is 35.1 Å². The van der Waals surface area contributed by atoms with Crippen molar-refractivity contribution in [3.8, 4) is 5.75 Å². The van der Waals surface area contributed by atoms with E-state index in [0.29, 0.717) is 10.7 Å². The number of benzene rings is 1. The van der Waals surface area contributed by atoms with Gasteiger partial charge in [0, 0.05) is 16.6 Å². The Morgan fingerprint density at radius 3 is 2.92 bits per heavy atom. The lowest BCUT2D eigenvalue weighted by atomic mass is 10.0. The van der Waals surface area contributed by atoms with Crippen molar-refractivity contribution in [1.82, 2.24) is 9.38 Å². The van der Waals surface area contributed by atoms with Crippen LogP contribution in [0, 0.1) is 0 Å². The lowest BCUT2D eigenvalue weighted by Crippen LogP contribution is -2.18. The number of hydrogen-bond acceptors (Lipinski definition) is 6. The van der Waals surface area contributed by atoms with Crippen molar-refractivity contribution in [3.05, 3.63) is 62.5 Å². The van der Waals surface area contributed by atoms with Gasteiger partial charge in [0.1, 0.15) is 17.9 Å². The van der Waals surface area contributed by atoms with Gasteiger partial charge >= 0.3 is 5.97 Å². The Bertz CT molecular complexity index is 1020. The number of para-hydroxylation sites is 1. The number of nitrogens with zero attached hydrogens (tertiary/aromatic N) is 2. The number of carbonyl (C=O) groups is 1. The summed E-state index contributed by atoms with van der Waals surface area (Å²) in [5, 5.41) is 9.69. The fourth-order valence-corrected chi connectivity index (χ4v) is 4.31. The van der Waals surface area contributed by atoms with Gasteiger partial charge in [-0.1, -0.05) is 12.1 Å². The summed E-state index contributed by atoms with van der Waals surface area (Å²) in [7, 11) is 0. The molecule has 3 aromatic rings. The molecule has 1 aliphatic rings. The Labute approximate surface area is 147 Å². The lowest BCUT2D eigenvalue weighted by molar-refractivity contribution is 0.0464. The number of thiazole rings is 1. The predicted octanol–water partition coefficient (Wildman–Crippen LogP) is 2.70. The number of aryl methyl sites for hydroxylation is 2. The molecule has 128 valence electrons. The largest absolute Gasteiger partial charge is 0.507 e. The molecule has 2 aromatic heterocycles. The van der Waals surface area contributed by atoms with E-state index in [1.807, 2.05) is 0 Å². The summed E-state index contributed by atoms with van der Waals surface area (Å²) in [5.74, 6) is -0.785. The second kappa shape index (κ2) is 6.33. The number of aromatic nitrogens is 2. The van der Waals surface area contributed by atoms with Gasteiger partial charge in [0.2, 0.25) is 0 Å². The van der Waals surface area contributed by atoms with E-state index in [1.165, 1.54) is 34.4 Å². The van der Waals surface area contributed by atoms with Crippen molar-refractivity contribution in [2.45, 2.75) is 32.3 Å². The van der Waals surface area contributed by atoms with E-state index in [-0.39, 0.29) is 23.5 Å². The first-order valence-electron chi connectivity index (χ1n) is 8.12. The van der Waals surface area contributed by atoms with Gasteiger partial charge in [-0.15, -0.1) is 11.3 Å². The van der Waals surface area contributed by atoms with Crippen LogP contribution in [0.1, 0.15) is 39.5 Å². The summed E-state index contributed by atoms with van der Waals surface area (Å²) in [4.78, 5) is 30.8. The Morgan fingerprint density at radius 1 is 1.28 bits per heavy atom. The number of aromatic hydroxyl groups is 1. The Balaban J connectivity index is 1.59. The van der Waals surface area contributed by atoms with E-state index in [1.54, 1.807) is 16.5 Å². The van der Waals surface area contributed by atoms with Crippen molar-refractivity contribution in [2.24, 2.45) is 0 Å². The standard InChI is InChI=1S/C18H16N2O4S/c21-14-7-3-1-5-12(14)17(23)24-10-11-9-16(22)20-13-6-2-4-8-15(13)25-18(20)19-11/h1,3,5,7,9,21H,2,4,6,8,10H2. The molecule has 6 nitrogen and oxygen atoms in total. The van der Waals surface area contributed by atoms with Gasteiger partial charge in [-0.05, 0) is 37.8 Å². The predicted molar refractivity (Wildman–Crippen MR) is 93.2 cm³/mol. The summed E-state index contributed by atoms with van der Waals surface area (Å²) < 4.78 is 6.87. The molecule has 0 bridgehead atoms. The molecule has 25 heavy (non-hydrogen) atoms. The Hall–Kier alpha value is -2.67. The SMILES string of the molecule is O=C(OCc1cc(=O)n2c3c(sc2n1)CCCC3)c1ccccc1O. The van der Waals surface area contributed by atoms with Crippen LogP contribution in [-0.2, 0) is 24.2 Å². The highest BCUT2D eigenvalue weighted by Gasteiger charge is 2.19. The number of esters is 1. The monoisotopic (exact) mass is 356 g/mol. The maximum absolute atomic E-state index is 12.5. The summed E-state index contributed by atoms with van der Waals surface area (Å²) in [6.45, 7) is -0.110. The molecule has 0 radical (unpaired) electrons. The highest BCUT2D eigenvalue weighted by atomic mass is 32.1. The molecule has 0 atom stereocenters. The molecule has 1 N–H and O–H groups in total. The first-order valence-corrected chi connectivity index (χ1v) is 8.93. The first-order chi connectivity index (χ1) is 12.1. The maximum atomic E-state index is 12.5. The van der Waals surface area contributed by atoms with Gasteiger partial charge in [0.15, 0.2) is 4.96 Å². The molecule has 2 heterocycles. The molecule has 0 saturated heterocycles. The van der Waals surface area contributed by atoms with E-state index in [9.17, 15) is 14.7 Å². The van der Waals surface area contributed by atoms with E-state index in [0.717, 1.165) is 31.4 Å². The lowest BCUT2D eigenvalue weighted by Gasteiger charge is -2.10. The second-order valence-electron chi connectivity index (χ2n) is 5.98. The molecule has 0 saturated carbocycles. The van der Waals surface area contributed by atoms with E-state index in [4.69, 9.17) is 4.74 Å². The van der Waals surface area contributed by atoms with Crippen molar-refractivity contribution in [3.63, 3.8) is 0 Å². The molecule has 0 fully saturated rings. The molecule has 1 aliphatic carbocycles. The molecule has 0 unspecified atom stereocenters. The average molecular weight is 356 g/mol. The van der Waals surface area contributed by atoms with Crippen LogP contribution >= 0.6 is 11.3 Å². The number of rotatable bonds is 3. The smallest absolute Gasteiger partial charge is 0.342 e. The minimum absolute atomic E-state index is 0.0897. The minimum Gasteiger partial charge on any atom is -0.507 e. The molecule has 0 aliphatic heterocycles. The van der Waals surface area contributed by atoms with Crippen LogP contribution in [-0.4, -0.2) is 20.5 Å². The third-order valence-corrected chi connectivity index (χ3v) is 5.43. The van der Waals surface area contributed by atoms with E-state index >= 15 is 0 Å². The zero-order valence-electron chi connectivity index (χ0n) is 13.4. The van der Waals surface area contributed by atoms with Gasteiger partial charge in [-0.2, -0.15) is 0 Å². The summed E-state index contributed by atoms with van der Waals surface area (Å²) in [6, 6.07) is 7.58. The normalized spacial score (nSPS) is 13.6. The number of phenolic OH excluding ortho intramolecular Hbond substituents is 1. The highest BCUT2D eigenvalue weighted by Crippen LogP contribution is 2.28. The second-order valence-corrected chi connectivity index (χ2v) is 7.04. The van der Waals surface area contributed by atoms with Crippen molar-refractivity contribution >= 4 is 22.3 Å².